The number of rotatable bonds is 6. The van der Waals surface area contributed by atoms with Crippen LogP contribution in [-0.4, -0.2) is 66.6 Å². The van der Waals surface area contributed by atoms with E-state index >= 15 is 0 Å². The number of benzene rings is 1. The summed E-state index contributed by atoms with van der Waals surface area (Å²) in [5, 5.41) is 11.8. The van der Waals surface area contributed by atoms with Gasteiger partial charge in [0, 0.05) is 18.6 Å². The molecule has 162 valence electrons. The van der Waals surface area contributed by atoms with Crippen molar-refractivity contribution in [2.24, 2.45) is 0 Å². The van der Waals surface area contributed by atoms with Crippen LogP contribution in [0.25, 0.3) is 0 Å². The van der Waals surface area contributed by atoms with Crippen LogP contribution in [0.5, 0.6) is 0 Å². The first-order valence-corrected chi connectivity index (χ1v) is 9.01. The molecule has 0 N–H and O–H groups in total. The standard InChI is InChI=1S/C18H20N2O10/c1-4-28-15(21)12-9-18(17(23)27-3)13(10-5-7-11(8-6-10)19(24)25)14(16(22)26-2)30-20(18)29-12/h5-8,12-14H,4,9H2,1-3H3/t12-,13-,14-,18-/m1/s1. The van der Waals surface area contributed by atoms with Gasteiger partial charge in [0.05, 0.1) is 31.7 Å². The summed E-state index contributed by atoms with van der Waals surface area (Å²) in [5.74, 6) is -3.37. The molecule has 3 rings (SSSR count). The lowest BCUT2D eigenvalue weighted by atomic mass is 9.74. The number of hydrogen-bond acceptors (Lipinski definition) is 11. The third kappa shape index (κ3) is 3.38. The van der Waals surface area contributed by atoms with Crippen LogP contribution in [0.1, 0.15) is 24.8 Å². The van der Waals surface area contributed by atoms with Crippen molar-refractivity contribution in [3.8, 4) is 0 Å². The van der Waals surface area contributed by atoms with Gasteiger partial charge in [0.25, 0.3) is 5.69 Å². The molecule has 0 aromatic heterocycles. The molecule has 30 heavy (non-hydrogen) atoms. The van der Waals surface area contributed by atoms with Gasteiger partial charge in [0.2, 0.25) is 0 Å². The van der Waals surface area contributed by atoms with Crippen molar-refractivity contribution in [3.05, 3.63) is 39.9 Å². The number of esters is 3. The molecule has 2 aliphatic heterocycles. The van der Waals surface area contributed by atoms with Gasteiger partial charge in [-0.25, -0.2) is 14.4 Å². The lowest BCUT2D eigenvalue weighted by Crippen LogP contribution is -2.50. The Morgan fingerprint density at radius 1 is 1.17 bits per heavy atom. The van der Waals surface area contributed by atoms with Crippen LogP contribution in [0.3, 0.4) is 0 Å². The summed E-state index contributed by atoms with van der Waals surface area (Å²) in [6.07, 6.45) is -2.73. The first kappa shape index (κ1) is 21.6. The van der Waals surface area contributed by atoms with Crippen molar-refractivity contribution in [1.29, 1.82) is 0 Å². The first-order chi connectivity index (χ1) is 14.3. The minimum absolute atomic E-state index is 0.0986. The highest BCUT2D eigenvalue weighted by Crippen LogP contribution is 2.52. The monoisotopic (exact) mass is 424 g/mol. The van der Waals surface area contributed by atoms with E-state index in [2.05, 4.69) is 0 Å². The molecule has 0 spiro atoms. The Hall–Kier alpha value is -3.09. The van der Waals surface area contributed by atoms with E-state index in [9.17, 15) is 24.5 Å². The molecule has 0 saturated carbocycles. The van der Waals surface area contributed by atoms with Crippen LogP contribution < -0.4 is 0 Å². The van der Waals surface area contributed by atoms with Crippen molar-refractivity contribution >= 4 is 23.6 Å². The minimum Gasteiger partial charge on any atom is -0.467 e. The highest BCUT2D eigenvalue weighted by molar-refractivity contribution is 5.88. The zero-order chi connectivity index (χ0) is 22.1. The number of nitrogens with zero attached hydrogens (tertiary/aromatic N) is 2. The Morgan fingerprint density at radius 2 is 1.83 bits per heavy atom. The van der Waals surface area contributed by atoms with E-state index in [1.807, 2.05) is 0 Å². The van der Waals surface area contributed by atoms with E-state index in [1.165, 1.54) is 24.3 Å². The fraction of sp³-hybridized carbons (Fsp3) is 0.500. The van der Waals surface area contributed by atoms with E-state index in [0.29, 0.717) is 5.56 Å². The quantitative estimate of drug-likeness (QED) is 0.275. The van der Waals surface area contributed by atoms with Crippen molar-refractivity contribution in [1.82, 2.24) is 5.23 Å². The van der Waals surface area contributed by atoms with Gasteiger partial charge in [-0.1, -0.05) is 12.1 Å². The zero-order valence-corrected chi connectivity index (χ0v) is 16.4. The number of hydrogen-bond donors (Lipinski definition) is 0. The van der Waals surface area contributed by atoms with Gasteiger partial charge >= 0.3 is 17.9 Å². The van der Waals surface area contributed by atoms with Gasteiger partial charge in [-0.15, -0.1) is 0 Å². The summed E-state index contributed by atoms with van der Waals surface area (Å²) in [4.78, 5) is 59.0. The first-order valence-electron chi connectivity index (χ1n) is 9.01. The van der Waals surface area contributed by atoms with Crippen LogP contribution >= 0.6 is 0 Å². The molecule has 4 atom stereocenters. The van der Waals surface area contributed by atoms with Crippen LogP contribution in [0.2, 0.25) is 0 Å². The number of ether oxygens (including phenoxy) is 3. The molecule has 1 aromatic carbocycles. The number of nitro groups is 1. The number of non-ortho nitro benzene ring substituents is 1. The van der Waals surface area contributed by atoms with Gasteiger partial charge in [-0.2, -0.15) is 0 Å². The maximum atomic E-state index is 12.9. The Labute approximate surface area is 170 Å². The second kappa shape index (κ2) is 8.34. The van der Waals surface area contributed by atoms with Gasteiger partial charge in [-0.3, -0.25) is 19.8 Å². The second-order valence-corrected chi connectivity index (χ2v) is 6.60. The predicted octanol–water partition coefficient (Wildman–Crippen LogP) is 0.646. The number of carbonyl (C=O) groups excluding carboxylic acids is 3. The lowest BCUT2D eigenvalue weighted by Gasteiger charge is -2.30. The molecule has 0 bridgehead atoms. The molecule has 0 amide bonds. The molecular formula is C18H20N2O10. The third-order valence-corrected chi connectivity index (χ3v) is 5.06. The molecule has 2 fully saturated rings. The Morgan fingerprint density at radius 3 is 2.37 bits per heavy atom. The summed E-state index contributed by atoms with van der Waals surface area (Å²) in [5.41, 5.74) is -1.54. The van der Waals surface area contributed by atoms with Crippen LogP contribution in [0.4, 0.5) is 5.69 Å². The van der Waals surface area contributed by atoms with Crippen LogP contribution in [0.15, 0.2) is 24.3 Å². The maximum Gasteiger partial charge on any atom is 0.337 e. The van der Waals surface area contributed by atoms with Crippen molar-refractivity contribution in [3.63, 3.8) is 0 Å². The van der Waals surface area contributed by atoms with Crippen LogP contribution in [-0.2, 0) is 38.3 Å². The average Bonchev–Trinajstić information content (AvgIpc) is 3.27. The molecular weight excluding hydrogens is 404 g/mol. The molecule has 2 saturated heterocycles. The van der Waals surface area contributed by atoms with E-state index in [4.69, 9.17) is 23.9 Å². The molecule has 12 heteroatoms. The molecule has 0 aliphatic carbocycles. The predicted molar refractivity (Wildman–Crippen MR) is 95.4 cm³/mol. The van der Waals surface area contributed by atoms with Crippen molar-refractivity contribution in [2.75, 3.05) is 20.8 Å². The number of carbonyl (C=O) groups is 3. The minimum atomic E-state index is -1.72. The summed E-state index contributed by atoms with van der Waals surface area (Å²) >= 11 is 0. The van der Waals surface area contributed by atoms with E-state index < -0.39 is 46.5 Å². The Balaban J connectivity index is 2.09. The normalized spacial score (nSPS) is 27.9. The largest absolute Gasteiger partial charge is 0.467 e. The number of hydroxylamine groups is 2. The highest BCUT2D eigenvalue weighted by Gasteiger charge is 2.70. The molecule has 0 radical (unpaired) electrons. The highest BCUT2D eigenvalue weighted by atomic mass is 17.0. The topological polar surface area (TPSA) is 144 Å². The zero-order valence-electron chi connectivity index (χ0n) is 16.4. The van der Waals surface area contributed by atoms with Gasteiger partial charge in [0.15, 0.2) is 17.7 Å². The van der Waals surface area contributed by atoms with Gasteiger partial charge in [-0.05, 0) is 17.7 Å². The summed E-state index contributed by atoms with van der Waals surface area (Å²) in [6.45, 7) is 1.72. The lowest BCUT2D eigenvalue weighted by molar-refractivity contribution is -0.384. The average molecular weight is 424 g/mol. The summed E-state index contributed by atoms with van der Waals surface area (Å²) in [6, 6.07) is 5.26. The van der Waals surface area contributed by atoms with Crippen molar-refractivity contribution < 1.29 is 43.2 Å². The molecule has 12 nitrogen and oxygen atoms in total. The van der Waals surface area contributed by atoms with Gasteiger partial charge < -0.3 is 14.2 Å². The van der Waals surface area contributed by atoms with Crippen LogP contribution in [0, 0.1) is 10.1 Å². The number of methoxy groups -OCH3 is 2. The number of nitro benzene ring substituents is 1. The number of fused-ring (bicyclic) bond motifs is 1. The molecule has 0 unspecified atom stereocenters. The smallest absolute Gasteiger partial charge is 0.337 e. The maximum absolute atomic E-state index is 12.9. The fourth-order valence-corrected chi connectivity index (χ4v) is 3.75. The third-order valence-electron chi connectivity index (χ3n) is 5.06. The fourth-order valence-electron chi connectivity index (χ4n) is 3.75. The summed E-state index contributed by atoms with van der Waals surface area (Å²) in [7, 11) is 2.29. The van der Waals surface area contributed by atoms with Gasteiger partial charge in [0.1, 0.15) is 0 Å². The van der Waals surface area contributed by atoms with Crippen molar-refractivity contribution in [2.45, 2.75) is 37.0 Å². The van der Waals surface area contributed by atoms with E-state index in [0.717, 1.165) is 19.4 Å². The Kier molecular flexibility index (Phi) is 6.01. The Bertz CT molecular complexity index is 857. The molecule has 2 aliphatic rings. The summed E-state index contributed by atoms with van der Waals surface area (Å²) < 4.78 is 14.7. The SMILES string of the molecule is CCOC(=O)[C@H]1C[C@]2(C(=O)OC)[C@H](c3ccc([N+](=O)[O-])cc3)[C@H](C(=O)OC)ON2O1. The molecule has 2 heterocycles. The van der Waals surface area contributed by atoms with E-state index in [1.54, 1.807) is 6.92 Å². The second-order valence-electron chi connectivity index (χ2n) is 6.60. The molecule has 1 aromatic rings. The van der Waals surface area contributed by atoms with E-state index in [-0.39, 0.29) is 18.7 Å².